The molecule has 7 nitrogen and oxygen atoms in total. The summed E-state index contributed by atoms with van der Waals surface area (Å²) in [5.41, 5.74) is 0.378. The van der Waals surface area contributed by atoms with E-state index in [0.717, 1.165) is 11.6 Å². The lowest BCUT2D eigenvalue weighted by molar-refractivity contribution is 0.0775. The summed E-state index contributed by atoms with van der Waals surface area (Å²) in [5.74, 6) is 0.0119. The van der Waals surface area contributed by atoms with Gasteiger partial charge in [0.25, 0.3) is 5.91 Å². The highest BCUT2D eigenvalue weighted by molar-refractivity contribution is 5.95. The van der Waals surface area contributed by atoms with Crippen molar-refractivity contribution in [3.05, 3.63) is 63.7 Å². The number of aryl methyl sites for hydroxylation is 1. The monoisotopic (exact) mass is 385 g/mol. The normalized spacial score (nSPS) is 10.8. The second-order valence-corrected chi connectivity index (χ2v) is 6.31. The van der Waals surface area contributed by atoms with Crippen molar-refractivity contribution in [2.24, 2.45) is 7.05 Å². The molecule has 1 amide bonds. The molecule has 3 rings (SSSR count). The van der Waals surface area contributed by atoms with Crippen LogP contribution in [-0.2, 0) is 13.6 Å². The van der Waals surface area contributed by atoms with Crippen molar-refractivity contribution in [1.29, 1.82) is 0 Å². The Bertz CT molecular complexity index is 1110. The number of ether oxygens (including phenoxy) is 2. The fraction of sp³-hybridized carbons (Fsp3) is 0.250. The lowest BCUT2D eigenvalue weighted by atomic mass is 10.1. The highest BCUT2D eigenvalue weighted by atomic mass is 19.1. The zero-order valence-corrected chi connectivity index (χ0v) is 16.0. The molecule has 0 radical (unpaired) electrons. The molecule has 0 aliphatic carbocycles. The summed E-state index contributed by atoms with van der Waals surface area (Å²) in [4.78, 5) is 26.9. The van der Waals surface area contributed by atoms with E-state index in [2.05, 4.69) is 5.10 Å². The summed E-state index contributed by atoms with van der Waals surface area (Å²) in [5, 5.41) is 4.21. The first-order valence-electron chi connectivity index (χ1n) is 8.48. The number of hydrogen-bond acceptors (Lipinski definition) is 5. The van der Waals surface area contributed by atoms with Crippen LogP contribution in [-0.4, -0.2) is 41.9 Å². The van der Waals surface area contributed by atoms with Crippen LogP contribution in [0.5, 0.6) is 11.5 Å². The van der Waals surface area contributed by atoms with E-state index in [0.29, 0.717) is 17.0 Å². The van der Waals surface area contributed by atoms with Gasteiger partial charge in [-0.1, -0.05) is 6.07 Å². The van der Waals surface area contributed by atoms with Crippen molar-refractivity contribution >= 4 is 16.8 Å². The van der Waals surface area contributed by atoms with E-state index in [1.54, 1.807) is 32.3 Å². The number of halogens is 1. The topological polar surface area (TPSA) is 73.7 Å². The highest BCUT2D eigenvalue weighted by Gasteiger charge is 2.21. The molecule has 1 heterocycles. The van der Waals surface area contributed by atoms with Crippen LogP contribution < -0.4 is 14.9 Å². The number of aromatic nitrogens is 2. The molecule has 0 aliphatic heterocycles. The Morgan fingerprint density at radius 1 is 1.14 bits per heavy atom. The van der Waals surface area contributed by atoms with E-state index in [1.165, 1.54) is 35.9 Å². The summed E-state index contributed by atoms with van der Waals surface area (Å²) in [7, 11) is 6.23. The van der Waals surface area contributed by atoms with Gasteiger partial charge in [0, 0.05) is 20.6 Å². The first-order chi connectivity index (χ1) is 13.3. The molecule has 0 fully saturated rings. The summed E-state index contributed by atoms with van der Waals surface area (Å²) < 4.78 is 25.4. The van der Waals surface area contributed by atoms with E-state index < -0.39 is 17.2 Å². The van der Waals surface area contributed by atoms with Crippen LogP contribution in [0, 0.1) is 5.82 Å². The van der Waals surface area contributed by atoms with Crippen molar-refractivity contribution in [3.63, 3.8) is 0 Å². The minimum absolute atomic E-state index is 0.111. The molecule has 8 heteroatoms. The Labute approximate surface area is 160 Å². The molecule has 0 spiro atoms. The van der Waals surface area contributed by atoms with Gasteiger partial charge in [-0.05, 0) is 35.9 Å². The van der Waals surface area contributed by atoms with Gasteiger partial charge in [0.15, 0.2) is 17.2 Å². The van der Waals surface area contributed by atoms with Gasteiger partial charge in [-0.3, -0.25) is 14.3 Å². The van der Waals surface area contributed by atoms with E-state index in [-0.39, 0.29) is 17.6 Å². The van der Waals surface area contributed by atoms with Crippen LogP contribution in [0.1, 0.15) is 16.1 Å². The molecule has 0 aliphatic rings. The number of rotatable bonds is 5. The van der Waals surface area contributed by atoms with Crippen LogP contribution in [0.4, 0.5) is 4.39 Å². The fourth-order valence-electron chi connectivity index (χ4n) is 2.99. The molecule has 0 N–H and O–H groups in total. The minimum Gasteiger partial charge on any atom is -0.493 e. The van der Waals surface area contributed by atoms with E-state index in [9.17, 15) is 14.0 Å². The molecular weight excluding hydrogens is 365 g/mol. The van der Waals surface area contributed by atoms with Crippen molar-refractivity contribution in [2.75, 3.05) is 21.3 Å². The number of amides is 1. The molecule has 0 bridgehead atoms. The first-order valence-corrected chi connectivity index (χ1v) is 8.48. The standard InChI is InChI=1S/C20H20FN3O4/c1-23(11-12-5-8-16(27-3)17(9-12)28-4)20(26)18-19(25)14-10-13(21)6-7-15(14)24(2)22-18/h5-10H,11H2,1-4H3. The van der Waals surface area contributed by atoms with Gasteiger partial charge < -0.3 is 14.4 Å². The Balaban J connectivity index is 1.94. The van der Waals surface area contributed by atoms with Crippen LogP contribution in [0.25, 0.3) is 10.9 Å². The maximum absolute atomic E-state index is 13.6. The van der Waals surface area contributed by atoms with Crippen molar-refractivity contribution in [3.8, 4) is 11.5 Å². The molecule has 0 saturated heterocycles. The van der Waals surface area contributed by atoms with Crippen molar-refractivity contribution in [2.45, 2.75) is 6.54 Å². The van der Waals surface area contributed by atoms with Crippen LogP contribution in [0.3, 0.4) is 0 Å². The van der Waals surface area contributed by atoms with E-state index >= 15 is 0 Å². The Morgan fingerprint density at radius 2 is 1.86 bits per heavy atom. The quantitative estimate of drug-likeness (QED) is 0.674. The fourth-order valence-corrected chi connectivity index (χ4v) is 2.99. The Kier molecular flexibility index (Phi) is 5.30. The second-order valence-electron chi connectivity index (χ2n) is 6.31. The molecule has 3 aromatic rings. The first kappa shape index (κ1) is 19.3. The third kappa shape index (κ3) is 3.53. The number of methoxy groups -OCH3 is 2. The molecular formula is C20H20FN3O4. The molecule has 2 aromatic carbocycles. The van der Waals surface area contributed by atoms with Crippen LogP contribution in [0.15, 0.2) is 41.2 Å². The third-order valence-corrected chi connectivity index (χ3v) is 4.43. The lowest BCUT2D eigenvalue weighted by Gasteiger charge is -2.18. The number of nitrogens with zero attached hydrogens (tertiary/aromatic N) is 3. The summed E-state index contributed by atoms with van der Waals surface area (Å²) in [6, 6.07) is 9.11. The summed E-state index contributed by atoms with van der Waals surface area (Å²) >= 11 is 0. The number of carbonyl (C=O) groups is 1. The minimum atomic E-state index is -0.600. The maximum Gasteiger partial charge on any atom is 0.278 e. The van der Waals surface area contributed by atoms with Gasteiger partial charge in [0.05, 0.1) is 25.1 Å². The third-order valence-electron chi connectivity index (χ3n) is 4.43. The molecule has 0 saturated carbocycles. The smallest absolute Gasteiger partial charge is 0.278 e. The molecule has 0 unspecified atom stereocenters. The number of fused-ring (bicyclic) bond motifs is 1. The number of benzene rings is 2. The largest absolute Gasteiger partial charge is 0.493 e. The van der Waals surface area contributed by atoms with E-state index in [4.69, 9.17) is 9.47 Å². The highest BCUT2D eigenvalue weighted by Crippen LogP contribution is 2.28. The lowest BCUT2D eigenvalue weighted by Crippen LogP contribution is -2.33. The van der Waals surface area contributed by atoms with Gasteiger partial charge in [0.2, 0.25) is 5.43 Å². The second kappa shape index (κ2) is 7.67. The zero-order chi connectivity index (χ0) is 20.4. The van der Waals surface area contributed by atoms with Gasteiger partial charge in [-0.2, -0.15) is 5.10 Å². The van der Waals surface area contributed by atoms with Gasteiger partial charge in [-0.25, -0.2) is 4.39 Å². The average Bonchev–Trinajstić information content (AvgIpc) is 2.69. The SMILES string of the molecule is COc1ccc(CN(C)C(=O)c2nn(C)c3ccc(F)cc3c2=O)cc1OC. The molecule has 146 valence electrons. The van der Waals surface area contributed by atoms with Gasteiger partial charge >= 0.3 is 0 Å². The van der Waals surface area contributed by atoms with Gasteiger partial charge in [-0.15, -0.1) is 0 Å². The summed E-state index contributed by atoms with van der Waals surface area (Å²) in [6.45, 7) is 0.227. The average molecular weight is 385 g/mol. The number of hydrogen-bond donors (Lipinski definition) is 0. The van der Waals surface area contributed by atoms with Crippen molar-refractivity contribution in [1.82, 2.24) is 14.7 Å². The Morgan fingerprint density at radius 3 is 2.54 bits per heavy atom. The zero-order valence-electron chi connectivity index (χ0n) is 16.0. The predicted octanol–water partition coefficient (Wildman–Crippen LogP) is 2.36. The predicted molar refractivity (Wildman–Crippen MR) is 102 cm³/mol. The summed E-state index contributed by atoms with van der Waals surface area (Å²) in [6.07, 6.45) is 0. The van der Waals surface area contributed by atoms with Crippen molar-refractivity contribution < 1.29 is 18.7 Å². The van der Waals surface area contributed by atoms with Crippen LogP contribution in [0.2, 0.25) is 0 Å². The van der Waals surface area contributed by atoms with Gasteiger partial charge in [0.1, 0.15) is 5.82 Å². The molecule has 1 aromatic heterocycles. The Hall–Kier alpha value is -3.42. The number of carbonyl (C=O) groups excluding carboxylic acids is 1. The molecule has 28 heavy (non-hydrogen) atoms. The van der Waals surface area contributed by atoms with E-state index in [1.807, 2.05) is 0 Å². The van der Waals surface area contributed by atoms with Crippen LogP contribution >= 0.6 is 0 Å². The maximum atomic E-state index is 13.6. The molecule has 0 atom stereocenters.